The lowest BCUT2D eigenvalue weighted by atomic mass is 10.1. The van der Waals surface area contributed by atoms with Crippen molar-refractivity contribution in [3.8, 4) is 0 Å². The smallest absolute Gasteiger partial charge is 0.358 e. The van der Waals surface area contributed by atoms with Crippen molar-refractivity contribution in [3.05, 3.63) is 18.1 Å². The molecule has 6 nitrogen and oxygen atoms in total. The molecule has 0 radical (unpaired) electrons. The Bertz CT molecular complexity index is 390. The van der Waals surface area contributed by atoms with Crippen molar-refractivity contribution < 1.29 is 14.3 Å². The van der Waals surface area contributed by atoms with Crippen LogP contribution in [0.15, 0.2) is 12.4 Å². The molecule has 1 aromatic rings. The zero-order valence-electron chi connectivity index (χ0n) is 11.2. The van der Waals surface area contributed by atoms with Gasteiger partial charge in [0.25, 0.3) is 0 Å². The van der Waals surface area contributed by atoms with Gasteiger partial charge in [-0.25, -0.2) is 14.8 Å². The Labute approximate surface area is 107 Å². The maximum atomic E-state index is 11.2. The monoisotopic (exact) mass is 253 g/mol. The number of methoxy groups -OCH3 is 1. The van der Waals surface area contributed by atoms with Crippen LogP contribution < -0.4 is 5.32 Å². The van der Waals surface area contributed by atoms with Crippen LogP contribution in [0, 0.1) is 0 Å². The maximum Gasteiger partial charge on any atom is 0.358 e. The third kappa shape index (κ3) is 4.29. The van der Waals surface area contributed by atoms with Crippen LogP contribution in [0.4, 0.5) is 5.82 Å². The second kappa shape index (κ2) is 6.30. The molecule has 0 bridgehead atoms. The molecule has 0 aliphatic rings. The van der Waals surface area contributed by atoms with E-state index in [1.54, 1.807) is 0 Å². The van der Waals surface area contributed by atoms with E-state index in [-0.39, 0.29) is 11.3 Å². The average molecular weight is 253 g/mol. The molecule has 1 heterocycles. The zero-order valence-corrected chi connectivity index (χ0v) is 11.2. The van der Waals surface area contributed by atoms with Crippen molar-refractivity contribution in [1.29, 1.82) is 0 Å². The number of carbonyl (C=O) groups is 1. The van der Waals surface area contributed by atoms with Gasteiger partial charge < -0.3 is 14.8 Å². The number of hydrogen-bond donors (Lipinski definition) is 1. The molecule has 0 aliphatic heterocycles. The summed E-state index contributed by atoms with van der Waals surface area (Å²) in [6.45, 7) is 7.18. The molecule has 1 aromatic heterocycles. The van der Waals surface area contributed by atoms with Crippen molar-refractivity contribution in [2.75, 3.05) is 25.6 Å². The molecule has 18 heavy (non-hydrogen) atoms. The first-order valence-corrected chi connectivity index (χ1v) is 5.76. The first-order valence-electron chi connectivity index (χ1n) is 5.76. The van der Waals surface area contributed by atoms with Crippen LogP contribution in [0.3, 0.4) is 0 Å². The largest absolute Gasteiger partial charge is 0.464 e. The Balaban J connectivity index is 2.56. The molecule has 0 amide bonds. The van der Waals surface area contributed by atoms with Gasteiger partial charge in [0.05, 0.1) is 25.1 Å². The second-order valence-corrected chi connectivity index (χ2v) is 4.32. The molecule has 100 valence electrons. The van der Waals surface area contributed by atoms with Crippen LogP contribution in [0.5, 0.6) is 0 Å². The fourth-order valence-electron chi connectivity index (χ4n) is 1.37. The number of hydrogen-bond acceptors (Lipinski definition) is 6. The van der Waals surface area contributed by atoms with Crippen molar-refractivity contribution in [2.24, 2.45) is 0 Å². The van der Waals surface area contributed by atoms with Crippen LogP contribution in [-0.4, -0.2) is 41.8 Å². The number of carbonyl (C=O) groups excluding carboxylic acids is 1. The van der Waals surface area contributed by atoms with Crippen molar-refractivity contribution >= 4 is 11.8 Å². The van der Waals surface area contributed by atoms with E-state index in [9.17, 15) is 4.79 Å². The van der Waals surface area contributed by atoms with Crippen LogP contribution in [0.1, 0.15) is 31.3 Å². The summed E-state index contributed by atoms with van der Waals surface area (Å²) < 4.78 is 10.1. The van der Waals surface area contributed by atoms with Gasteiger partial charge in [0.2, 0.25) is 0 Å². The SMILES string of the molecule is CCOC(C)(C)CNc1cnc(C(=O)OC)cn1. The molecule has 0 atom stereocenters. The summed E-state index contributed by atoms with van der Waals surface area (Å²) in [4.78, 5) is 19.2. The van der Waals surface area contributed by atoms with Crippen LogP contribution in [0.2, 0.25) is 0 Å². The van der Waals surface area contributed by atoms with Gasteiger partial charge in [0.15, 0.2) is 5.69 Å². The van der Waals surface area contributed by atoms with E-state index in [4.69, 9.17) is 4.74 Å². The zero-order chi connectivity index (χ0) is 13.6. The number of nitrogens with zero attached hydrogens (tertiary/aromatic N) is 2. The van der Waals surface area contributed by atoms with Gasteiger partial charge in [-0.05, 0) is 20.8 Å². The summed E-state index contributed by atoms with van der Waals surface area (Å²) in [5, 5.41) is 3.10. The molecular formula is C12H19N3O3. The molecule has 0 saturated heterocycles. The van der Waals surface area contributed by atoms with Gasteiger partial charge in [-0.3, -0.25) is 0 Å². The minimum absolute atomic E-state index is 0.187. The Morgan fingerprint density at radius 1 is 1.39 bits per heavy atom. The van der Waals surface area contributed by atoms with Crippen molar-refractivity contribution in [1.82, 2.24) is 9.97 Å². The molecule has 0 spiro atoms. The molecular weight excluding hydrogens is 234 g/mol. The summed E-state index contributed by atoms with van der Waals surface area (Å²) in [7, 11) is 1.31. The fourth-order valence-corrected chi connectivity index (χ4v) is 1.37. The predicted molar refractivity (Wildman–Crippen MR) is 67.6 cm³/mol. The Morgan fingerprint density at radius 3 is 2.61 bits per heavy atom. The van der Waals surface area contributed by atoms with Gasteiger partial charge >= 0.3 is 5.97 Å². The standard InChI is InChI=1S/C12H19N3O3/c1-5-18-12(2,3)8-15-10-7-13-9(6-14-10)11(16)17-4/h6-7H,5,8H2,1-4H3,(H,14,15). The fraction of sp³-hybridized carbons (Fsp3) is 0.583. The van der Waals surface area contributed by atoms with E-state index >= 15 is 0 Å². The number of nitrogens with one attached hydrogen (secondary N) is 1. The highest BCUT2D eigenvalue weighted by atomic mass is 16.5. The van der Waals surface area contributed by atoms with Gasteiger partial charge in [-0.15, -0.1) is 0 Å². The number of anilines is 1. The third-order valence-corrected chi connectivity index (χ3v) is 2.28. The molecule has 6 heteroatoms. The van der Waals surface area contributed by atoms with Crippen molar-refractivity contribution in [3.63, 3.8) is 0 Å². The first-order chi connectivity index (χ1) is 8.48. The van der Waals surface area contributed by atoms with E-state index in [0.717, 1.165) is 0 Å². The summed E-state index contributed by atoms with van der Waals surface area (Å²) in [5.41, 5.74) is -0.0932. The van der Waals surface area contributed by atoms with E-state index in [0.29, 0.717) is 19.0 Å². The topological polar surface area (TPSA) is 73.3 Å². The third-order valence-electron chi connectivity index (χ3n) is 2.28. The highest BCUT2D eigenvalue weighted by Gasteiger charge is 2.17. The van der Waals surface area contributed by atoms with Crippen molar-refractivity contribution in [2.45, 2.75) is 26.4 Å². The Kier molecular flexibility index (Phi) is 5.03. The lowest BCUT2D eigenvalue weighted by Crippen LogP contribution is -2.33. The minimum atomic E-state index is -0.497. The molecule has 0 aliphatic carbocycles. The summed E-state index contributed by atoms with van der Waals surface area (Å²) in [6, 6.07) is 0. The normalized spacial score (nSPS) is 11.1. The average Bonchev–Trinajstić information content (AvgIpc) is 2.36. The van der Waals surface area contributed by atoms with Gasteiger partial charge in [-0.2, -0.15) is 0 Å². The summed E-state index contributed by atoms with van der Waals surface area (Å²) in [6.07, 6.45) is 2.87. The predicted octanol–water partition coefficient (Wildman–Crippen LogP) is 1.49. The molecule has 0 fully saturated rings. The summed E-state index contributed by atoms with van der Waals surface area (Å²) in [5.74, 6) is 0.0964. The van der Waals surface area contributed by atoms with Crippen LogP contribution >= 0.6 is 0 Å². The van der Waals surface area contributed by atoms with Crippen LogP contribution in [0.25, 0.3) is 0 Å². The lowest BCUT2D eigenvalue weighted by Gasteiger charge is -2.25. The number of aromatic nitrogens is 2. The molecule has 1 N–H and O–H groups in total. The maximum absolute atomic E-state index is 11.2. The highest BCUT2D eigenvalue weighted by Crippen LogP contribution is 2.10. The van der Waals surface area contributed by atoms with E-state index < -0.39 is 5.97 Å². The second-order valence-electron chi connectivity index (χ2n) is 4.32. The number of esters is 1. The molecule has 0 aromatic carbocycles. The molecule has 1 rings (SSSR count). The minimum Gasteiger partial charge on any atom is -0.464 e. The van der Waals surface area contributed by atoms with E-state index in [1.807, 2.05) is 20.8 Å². The number of ether oxygens (including phenoxy) is 2. The lowest BCUT2D eigenvalue weighted by molar-refractivity contribution is 0.000628. The Hall–Kier alpha value is -1.69. The summed E-state index contributed by atoms with van der Waals surface area (Å²) >= 11 is 0. The van der Waals surface area contributed by atoms with Gasteiger partial charge in [0, 0.05) is 13.2 Å². The Morgan fingerprint density at radius 2 is 2.11 bits per heavy atom. The highest BCUT2D eigenvalue weighted by molar-refractivity contribution is 5.86. The number of rotatable bonds is 6. The quantitative estimate of drug-likeness (QED) is 0.774. The van der Waals surface area contributed by atoms with E-state index in [1.165, 1.54) is 19.5 Å². The van der Waals surface area contributed by atoms with E-state index in [2.05, 4.69) is 20.0 Å². The van der Waals surface area contributed by atoms with Gasteiger partial charge in [0.1, 0.15) is 5.82 Å². The van der Waals surface area contributed by atoms with Gasteiger partial charge in [-0.1, -0.05) is 0 Å². The molecule has 0 unspecified atom stereocenters. The van der Waals surface area contributed by atoms with Crippen LogP contribution in [-0.2, 0) is 9.47 Å². The first kappa shape index (κ1) is 14.4. The molecule has 0 saturated carbocycles.